The highest BCUT2D eigenvalue weighted by Gasteiger charge is 2.72. The molecule has 0 aromatic carbocycles. The topological polar surface area (TPSA) is 288 Å². The van der Waals surface area contributed by atoms with Crippen LogP contribution in [-0.4, -0.2) is 112 Å². The molecule has 3 fully saturated rings. The van der Waals surface area contributed by atoms with Gasteiger partial charge in [-0.25, -0.2) is 19.9 Å². The van der Waals surface area contributed by atoms with Crippen LogP contribution in [0.25, 0.3) is 22.3 Å². The smallest absolute Gasteiger partial charge is 0.325 e. The molecule has 4 aromatic rings. The molecule has 44 heavy (non-hydrogen) atoms. The van der Waals surface area contributed by atoms with Gasteiger partial charge in [0.25, 0.3) is 5.56 Å². The van der Waals surface area contributed by atoms with E-state index in [1.54, 1.807) is 0 Å². The highest BCUT2D eigenvalue weighted by atomic mass is 32.5. The number of hydrogen-bond donors (Lipinski definition) is 8. The highest BCUT2D eigenvalue weighted by molar-refractivity contribution is 8.07. The first-order chi connectivity index (χ1) is 20.9. The normalized spacial score (nSPS) is 34.8. The number of aliphatic hydroxyl groups excluding tert-OH is 3. The van der Waals surface area contributed by atoms with Gasteiger partial charge in [-0.05, 0) is 24.6 Å². The first-order valence-electron chi connectivity index (χ1n) is 13.2. The number of thioether (sulfide) groups is 1. The first-order valence-corrected chi connectivity index (χ1v) is 16.8. The number of fused-ring (bicyclic) bond motifs is 3. The summed E-state index contributed by atoms with van der Waals surface area (Å²) in [5.41, 5.74) is 8.40. The molecule has 2 aliphatic heterocycles. The fourth-order valence-corrected chi connectivity index (χ4v) is 8.91. The van der Waals surface area contributed by atoms with E-state index in [0.717, 1.165) is 11.8 Å². The van der Waals surface area contributed by atoms with E-state index in [4.69, 9.17) is 37.1 Å². The number of ether oxygens (including phenoxy) is 1. The van der Waals surface area contributed by atoms with Crippen LogP contribution in [0.15, 0.2) is 23.8 Å². The van der Waals surface area contributed by atoms with E-state index in [2.05, 4.69) is 29.9 Å². The minimum atomic E-state index is -4.19. The standard InChI is InChI=1S/C22H27N10O9PS2/c23-14-9-15(26-5-25-14)31(6-27-9)18-13(35)22(37)2-1-21(22,40-18)4-39-42(38,43)41-12-11(34)8(3-33)44-19(12)32-7-28-10-16(32)29-20(24)30-17(10)36/h5-8,11-13,18-19,33-35,37H,1-4H2,(H,38,43)(H2,23,25,26)(H3,24,29,30,36)/t8-,11-,12-,13+,18-,19-,21-,22?,42?/m1/s1. The number of aromatic amines is 1. The zero-order valence-corrected chi connectivity index (χ0v) is 25.0. The second-order valence-electron chi connectivity index (χ2n) is 10.8. The lowest BCUT2D eigenvalue weighted by atomic mass is 9.64. The number of aliphatic hydroxyl groups is 4. The molecule has 0 spiro atoms. The number of anilines is 2. The van der Waals surface area contributed by atoms with E-state index >= 15 is 0 Å². The van der Waals surface area contributed by atoms with Crippen LogP contribution in [0, 0.1) is 0 Å². The van der Waals surface area contributed by atoms with Crippen molar-refractivity contribution in [3.05, 3.63) is 29.3 Å². The lowest BCUT2D eigenvalue weighted by Gasteiger charge is -2.50. The van der Waals surface area contributed by atoms with Crippen molar-refractivity contribution in [1.29, 1.82) is 0 Å². The number of nitrogens with two attached hydrogens (primary N) is 2. The van der Waals surface area contributed by atoms with Gasteiger partial charge in [-0.3, -0.25) is 23.4 Å². The average Bonchev–Trinajstić information content (AvgIpc) is 3.70. The molecule has 1 saturated carbocycles. The quantitative estimate of drug-likeness (QED) is 0.0928. The number of nitrogens with zero attached hydrogens (tertiary/aromatic N) is 7. The maximum Gasteiger partial charge on any atom is 0.325 e. The molecule has 2 unspecified atom stereocenters. The summed E-state index contributed by atoms with van der Waals surface area (Å²) in [4.78, 5) is 46.3. The van der Waals surface area contributed by atoms with Gasteiger partial charge >= 0.3 is 6.72 Å². The maximum atomic E-state index is 12.3. The fourth-order valence-electron chi connectivity index (χ4n) is 5.97. The third-order valence-corrected chi connectivity index (χ3v) is 11.5. The molecule has 19 nitrogen and oxygen atoms in total. The van der Waals surface area contributed by atoms with Crippen LogP contribution in [-0.2, 0) is 25.6 Å². The van der Waals surface area contributed by atoms with Gasteiger partial charge in [-0.15, -0.1) is 11.8 Å². The Hall–Kier alpha value is -2.82. The van der Waals surface area contributed by atoms with Gasteiger partial charge in [0, 0.05) is 0 Å². The van der Waals surface area contributed by atoms with Gasteiger partial charge in [0.2, 0.25) is 5.95 Å². The largest absolute Gasteiger partial charge is 0.395 e. The second-order valence-corrected chi connectivity index (χ2v) is 14.9. The summed E-state index contributed by atoms with van der Waals surface area (Å²) in [6.07, 6.45) is -0.859. The molecule has 0 bridgehead atoms. The third kappa shape index (κ3) is 4.38. The predicted octanol–water partition coefficient (Wildman–Crippen LogP) is -2.14. The zero-order chi connectivity index (χ0) is 31.2. The molecule has 0 radical (unpaired) electrons. The monoisotopic (exact) mass is 670 g/mol. The Labute approximate surface area is 255 Å². The van der Waals surface area contributed by atoms with E-state index in [-0.39, 0.29) is 46.9 Å². The third-order valence-electron chi connectivity index (χ3n) is 8.40. The molecule has 7 rings (SSSR count). The summed E-state index contributed by atoms with van der Waals surface area (Å²) >= 11 is 6.40. The van der Waals surface area contributed by atoms with Crippen LogP contribution in [0.4, 0.5) is 11.8 Å². The van der Waals surface area contributed by atoms with Gasteiger partial charge in [-0.2, -0.15) is 4.98 Å². The summed E-state index contributed by atoms with van der Waals surface area (Å²) in [5.74, 6) is -0.0358. The Kier molecular flexibility index (Phi) is 7.03. The molecule has 9 atom stereocenters. The zero-order valence-electron chi connectivity index (χ0n) is 22.4. The summed E-state index contributed by atoms with van der Waals surface area (Å²) in [5, 5.41) is 41.8. The molecule has 10 N–H and O–H groups in total. The van der Waals surface area contributed by atoms with Gasteiger partial charge in [-0.1, -0.05) is 0 Å². The average molecular weight is 671 g/mol. The van der Waals surface area contributed by atoms with Crippen molar-refractivity contribution in [2.24, 2.45) is 0 Å². The first kappa shape index (κ1) is 29.9. The van der Waals surface area contributed by atoms with Gasteiger partial charge in [0.05, 0.1) is 37.2 Å². The molecular weight excluding hydrogens is 643 g/mol. The summed E-state index contributed by atoms with van der Waals surface area (Å²) in [7, 11) is 0. The van der Waals surface area contributed by atoms with Gasteiger partial charge < -0.3 is 46.0 Å². The lowest BCUT2D eigenvalue weighted by Crippen LogP contribution is -2.66. The Morgan fingerprint density at radius 3 is 2.64 bits per heavy atom. The van der Waals surface area contributed by atoms with Crippen molar-refractivity contribution in [3.63, 3.8) is 0 Å². The molecule has 4 aromatic heterocycles. The Balaban J connectivity index is 1.13. The van der Waals surface area contributed by atoms with Crippen molar-refractivity contribution in [1.82, 2.24) is 39.0 Å². The molecule has 1 aliphatic carbocycles. The Morgan fingerprint density at radius 2 is 1.91 bits per heavy atom. The molecule has 236 valence electrons. The van der Waals surface area contributed by atoms with E-state index < -0.39 is 71.9 Å². The number of rotatable bonds is 8. The number of H-pyrrole nitrogens is 1. The molecule has 0 amide bonds. The summed E-state index contributed by atoms with van der Waals surface area (Å²) in [6, 6.07) is 0. The SMILES string of the molecule is Nc1nc2c(ncn2[C@@H]2S[C@H](CO)[C@@H](O)[C@H]2OP(O)(=S)OC[C@]23CCC2(O)[C@@H](O)[C@H](n2cnc4c(N)ncnc42)O3)c(=O)[nH]1. The van der Waals surface area contributed by atoms with Crippen LogP contribution in [0.5, 0.6) is 0 Å². The second kappa shape index (κ2) is 10.4. The van der Waals surface area contributed by atoms with E-state index in [1.807, 2.05) is 0 Å². The lowest BCUT2D eigenvalue weighted by molar-refractivity contribution is -0.226. The highest BCUT2D eigenvalue weighted by Crippen LogP contribution is 2.60. The number of imidazole rings is 2. The van der Waals surface area contributed by atoms with Crippen LogP contribution in [0.3, 0.4) is 0 Å². The van der Waals surface area contributed by atoms with Crippen molar-refractivity contribution >= 4 is 64.4 Å². The Bertz CT molecular complexity index is 1870. The number of aromatic nitrogens is 8. The van der Waals surface area contributed by atoms with Crippen molar-refractivity contribution in [3.8, 4) is 0 Å². The summed E-state index contributed by atoms with van der Waals surface area (Å²) < 4.78 is 20.5. The summed E-state index contributed by atoms with van der Waals surface area (Å²) in [6.45, 7) is -5.11. The van der Waals surface area contributed by atoms with Crippen LogP contribution < -0.4 is 17.0 Å². The van der Waals surface area contributed by atoms with E-state index in [9.17, 15) is 30.1 Å². The molecule has 2 saturated heterocycles. The van der Waals surface area contributed by atoms with Crippen molar-refractivity contribution in [2.45, 2.75) is 59.2 Å². The molecule has 22 heteroatoms. The minimum absolute atomic E-state index is 0.0187. The van der Waals surface area contributed by atoms with E-state index in [1.165, 1.54) is 28.1 Å². The minimum Gasteiger partial charge on any atom is -0.395 e. The number of hydrogen-bond acceptors (Lipinski definition) is 17. The maximum absolute atomic E-state index is 12.3. The molecule has 6 heterocycles. The van der Waals surface area contributed by atoms with Crippen molar-refractivity contribution < 1.29 is 39.1 Å². The van der Waals surface area contributed by atoms with Crippen LogP contribution in [0.1, 0.15) is 24.4 Å². The van der Waals surface area contributed by atoms with Gasteiger partial charge in [0.1, 0.15) is 40.6 Å². The van der Waals surface area contributed by atoms with Crippen LogP contribution in [0.2, 0.25) is 0 Å². The molecule has 3 aliphatic rings. The van der Waals surface area contributed by atoms with Gasteiger partial charge in [0.15, 0.2) is 28.9 Å². The Morgan fingerprint density at radius 1 is 1.16 bits per heavy atom. The van der Waals surface area contributed by atoms with Crippen LogP contribution >= 0.6 is 18.5 Å². The predicted molar refractivity (Wildman–Crippen MR) is 156 cm³/mol. The van der Waals surface area contributed by atoms with Crippen molar-refractivity contribution in [2.75, 3.05) is 24.7 Å². The fraction of sp³-hybridized carbons (Fsp3) is 0.545. The van der Waals surface area contributed by atoms with E-state index in [0.29, 0.717) is 0 Å². The number of nitrogens with one attached hydrogen (secondary N) is 1. The number of nitrogen functional groups attached to an aromatic ring is 2. The molecular formula is C22H27N10O9PS2.